The third-order valence-electron chi connectivity index (χ3n) is 4.18. The first-order valence-electron chi connectivity index (χ1n) is 7.99. The molecule has 6 heteroatoms. The van der Waals surface area contributed by atoms with Crippen molar-refractivity contribution in [3.63, 3.8) is 0 Å². The largest absolute Gasteiger partial charge is 0.354 e. The smallest absolute Gasteiger partial charge is 0.151 e. The van der Waals surface area contributed by atoms with Gasteiger partial charge in [0.15, 0.2) is 5.82 Å². The quantitative estimate of drug-likeness (QED) is 0.799. The molecule has 1 aliphatic rings. The maximum Gasteiger partial charge on any atom is 0.151 e. The zero-order valence-corrected chi connectivity index (χ0v) is 13.7. The van der Waals surface area contributed by atoms with Gasteiger partial charge in [0, 0.05) is 31.9 Å². The van der Waals surface area contributed by atoms with Gasteiger partial charge in [-0.25, -0.2) is 4.98 Å². The van der Waals surface area contributed by atoms with Crippen LogP contribution >= 0.6 is 11.3 Å². The Morgan fingerprint density at radius 2 is 2.17 bits per heavy atom. The number of nitrogens with zero attached hydrogens (tertiary/aromatic N) is 4. The van der Waals surface area contributed by atoms with Gasteiger partial charge in [-0.15, -0.1) is 16.4 Å². The van der Waals surface area contributed by atoms with Crippen LogP contribution in [0.5, 0.6) is 0 Å². The van der Waals surface area contributed by atoms with Gasteiger partial charge >= 0.3 is 0 Å². The minimum absolute atomic E-state index is 0.470. The lowest BCUT2D eigenvalue weighted by atomic mass is 10.1. The Hall–Kier alpha value is -2.05. The Labute approximate surface area is 139 Å². The van der Waals surface area contributed by atoms with E-state index in [0.717, 1.165) is 36.0 Å². The van der Waals surface area contributed by atoms with Crippen LogP contribution in [0.4, 0.5) is 5.82 Å². The first kappa shape index (κ1) is 14.5. The van der Waals surface area contributed by atoms with Gasteiger partial charge < -0.3 is 10.2 Å². The van der Waals surface area contributed by atoms with E-state index in [0.29, 0.717) is 6.04 Å². The number of para-hydroxylation sites is 1. The molecule has 3 aromatic rings. The van der Waals surface area contributed by atoms with E-state index in [2.05, 4.69) is 38.6 Å². The number of anilines is 1. The second-order valence-corrected chi connectivity index (χ2v) is 6.94. The van der Waals surface area contributed by atoms with Gasteiger partial charge in [0.25, 0.3) is 0 Å². The average Bonchev–Trinajstić information content (AvgIpc) is 3.04. The second-order valence-electron chi connectivity index (χ2n) is 5.82. The van der Waals surface area contributed by atoms with Gasteiger partial charge in [0.1, 0.15) is 5.01 Å². The highest BCUT2D eigenvalue weighted by molar-refractivity contribution is 7.18. The lowest BCUT2D eigenvalue weighted by molar-refractivity contribution is 0.419. The van der Waals surface area contributed by atoms with E-state index in [1.807, 2.05) is 18.2 Å². The number of hydrogen-bond acceptors (Lipinski definition) is 6. The minimum atomic E-state index is 0.470. The van der Waals surface area contributed by atoms with Crippen LogP contribution in [0.2, 0.25) is 0 Å². The summed E-state index contributed by atoms with van der Waals surface area (Å²) in [5.74, 6) is 0.971. The van der Waals surface area contributed by atoms with E-state index >= 15 is 0 Å². The summed E-state index contributed by atoms with van der Waals surface area (Å²) in [5.41, 5.74) is 1.10. The highest BCUT2D eigenvalue weighted by Crippen LogP contribution is 2.22. The predicted molar refractivity (Wildman–Crippen MR) is 93.7 cm³/mol. The number of nitrogens with one attached hydrogen (secondary N) is 1. The fourth-order valence-electron chi connectivity index (χ4n) is 3.04. The van der Waals surface area contributed by atoms with Crippen LogP contribution in [0.3, 0.4) is 0 Å². The normalized spacial score (nSPS) is 18.4. The highest BCUT2D eigenvalue weighted by atomic mass is 32.1. The third kappa shape index (κ3) is 3.33. The number of benzene rings is 1. The van der Waals surface area contributed by atoms with Gasteiger partial charge in [-0.1, -0.05) is 12.1 Å². The Morgan fingerprint density at radius 1 is 1.22 bits per heavy atom. The van der Waals surface area contributed by atoms with Crippen molar-refractivity contribution < 1.29 is 0 Å². The van der Waals surface area contributed by atoms with Crippen LogP contribution in [0, 0.1) is 0 Å². The van der Waals surface area contributed by atoms with Crippen LogP contribution in [-0.4, -0.2) is 34.3 Å². The Kier molecular flexibility index (Phi) is 4.17. The van der Waals surface area contributed by atoms with Crippen LogP contribution < -0.4 is 10.2 Å². The van der Waals surface area contributed by atoms with Crippen molar-refractivity contribution in [1.82, 2.24) is 20.5 Å². The summed E-state index contributed by atoms with van der Waals surface area (Å²) in [4.78, 5) is 7.01. The molecule has 1 aliphatic heterocycles. The maximum atomic E-state index is 4.69. The van der Waals surface area contributed by atoms with E-state index in [9.17, 15) is 0 Å². The number of rotatable bonds is 4. The standard InChI is InChI=1S/C17H19N5S/c1-2-7-15-14(6-1)20-17(23-15)11-18-13-5-4-10-22(12-13)16-8-3-9-19-21-16/h1-3,6-9,13,18H,4-5,10-12H2. The fraction of sp³-hybridized carbons (Fsp3) is 0.353. The third-order valence-corrected chi connectivity index (χ3v) is 5.22. The van der Waals surface area contributed by atoms with E-state index in [-0.39, 0.29) is 0 Å². The lowest BCUT2D eigenvalue weighted by Gasteiger charge is -2.33. The molecule has 2 aromatic heterocycles. The molecule has 3 heterocycles. The molecule has 1 fully saturated rings. The summed E-state index contributed by atoms with van der Waals surface area (Å²) < 4.78 is 1.26. The monoisotopic (exact) mass is 325 g/mol. The van der Waals surface area contributed by atoms with Crippen LogP contribution in [0.15, 0.2) is 42.6 Å². The number of fused-ring (bicyclic) bond motifs is 1. The topological polar surface area (TPSA) is 53.9 Å². The fourth-order valence-corrected chi connectivity index (χ4v) is 3.96. The molecule has 0 aliphatic carbocycles. The lowest BCUT2D eigenvalue weighted by Crippen LogP contribution is -2.45. The van der Waals surface area contributed by atoms with Crippen LogP contribution in [-0.2, 0) is 6.54 Å². The molecule has 0 amide bonds. The van der Waals surface area contributed by atoms with Crippen LogP contribution in [0.25, 0.3) is 10.2 Å². The first-order chi connectivity index (χ1) is 11.4. The summed E-state index contributed by atoms with van der Waals surface area (Å²) >= 11 is 1.77. The molecule has 1 N–H and O–H groups in total. The molecule has 4 rings (SSSR count). The molecule has 1 aromatic carbocycles. The Morgan fingerprint density at radius 3 is 3.04 bits per heavy atom. The number of piperidine rings is 1. The molecule has 1 saturated heterocycles. The average molecular weight is 325 g/mol. The minimum Gasteiger partial charge on any atom is -0.354 e. The van der Waals surface area contributed by atoms with Crippen molar-refractivity contribution in [2.45, 2.75) is 25.4 Å². The predicted octanol–water partition coefficient (Wildman–Crippen LogP) is 2.84. The summed E-state index contributed by atoms with van der Waals surface area (Å²) in [6.45, 7) is 2.86. The molecule has 5 nitrogen and oxygen atoms in total. The molecular weight excluding hydrogens is 306 g/mol. The van der Waals surface area contributed by atoms with Gasteiger partial charge in [0.2, 0.25) is 0 Å². The van der Waals surface area contributed by atoms with E-state index < -0.39 is 0 Å². The molecule has 0 radical (unpaired) electrons. The second kappa shape index (κ2) is 6.60. The molecule has 23 heavy (non-hydrogen) atoms. The summed E-state index contributed by atoms with van der Waals surface area (Å²) in [6, 6.07) is 12.8. The summed E-state index contributed by atoms with van der Waals surface area (Å²) in [5, 5.41) is 13.0. The molecule has 0 saturated carbocycles. The Bertz CT molecular complexity index is 740. The van der Waals surface area contributed by atoms with E-state index in [1.165, 1.54) is 17.5 Å². The summed E-state index contributed by atoms with van der Waals surface area (Å²) in [7, 11) is 0. The van der Waals surface area contributed by atoms with Gasteiger partial charge in [-0.3, -0.25) is 0 Å². The van der Waals surface area contributed by atoms with Gasteiger partial charge in [0.05, 0.1) is 10.2 Å². The van der Waals surface area contributed by atoms with Crippen molar-refractivity contribution in [1.29, 1.82) is 0 Å². The maximum absolute atomic E-state index is 4.69. The van der Waals surface area contributed by atoms with E-state index in [4.69, 9.17) is 4.98 Å². The molecule has 118 valence electrons. The first-order valence-corrected chi connectivity index (χ1v) is 8.80. The van der Waals surface area contributed by atoms with Crippen molar-refractivity contribution >= 4 is 27.4 Å². The highest BCUT2D eigenvalue weighted by Gasteiger charge is 2.20. The molecule has 1 atom stereocenters. The zero-order chi connectivity index (χ0) is 15.5. The molecular formula is C17H19N5S. The van der Waals surface area contributed by atoms with Crippen molar-refractivity contribution in [3.05, 3.63) is 47.6 Å². The molecule has 0 bridgehead atoms. The van der Waals surface area contributed by atoms with Crippen molar-refractivity contribution in [2.24, 2.45) is 0 Å². The Balaban J connectivity index is 1.38. The number of thiazole rings is 1. The van der Waals surface area contributed by atoms with E-state index in [1.54, 1.807) is 17.5 Å². The van der Waals surface area contributed by atoms with Gasteiger partial charge in [-0.2, -0.15) is 5.10 Å². The van der Waals surface area contributed by atoms with Crippen molar-refractivity contribution in [3.8, 4) is 0 Å². The zero-order valence-electron chi connectivity index (χ0n) is 12.9. The SMILES string of the molecule is c1cnnc(N2CCCC(NCc3nc4ccccc4s3)C2)c1. The molecule has 1 unspecified atom stereocenters. The summed E-state index contributed by atoms with van der Waals surface area (Å²) in [6.07, 6.45) is 4.09. The van der Waals surface area contributed by atoms with Crippen LogP contribution in [0.1, 0.15) is 17.8 Å². The number of hydrogen-bond donors (Lipinski definition) is 1. The van der Waals surface area contributed by atoms with Crippen molar-refractivity contribution in [2.75, 3.05) is 18.0 Å². The number of aromatic nitrogens is 3. The van der Waals surface area contributed by atoms with Gasteiger partial charge in [-0.05, 0) is 37.1 Å². The molecule has 0 spiro atoms.